The predicted octanol–water partition coefficient (Wildman–Crippen LogP) is 1.62. The minimum absolute atomic E-state index is 0.109. The summed E-state index contributed by atoms with van der Waals surface area (Å²) < 4.78 is 1.82. The second kappa shape index (κ2) is 7.09. The minimum Gasteiger partial charge on any atom is -0.507 e. The van der Waals surface area contributed by atoms with Crippen molar-refractivity contribution in [2.75, 3.05) is 25.0 Å². The molecule has 2 aromatic heterocycles. The number of imidazole rings is 1. The second-order valence-electron chi connectivity index (χ2n) is 6.40. The number of aromatic hydroxyl groups is 1. The van der Waals surface area contributed by atoms with E-state index >= 15 is 0 Å². The Kier molecular flexibility index (Phi) is 4.49. The average molecular weight is 351 g/mol. The van der Waals surface area contributed by atoms with E-state index in [0.29, 0.717) is 17.4 Å². The Bertz CT molecular complexity index is 858. The molecule has 1 fully saturated rings. The molecule has 0 unspecified atom stereocenters. The van der Waals surface area contributed by atoms with E-state index in [2.05, 4.69) is 30.4 Å². The van der Waals surface area contributed by atoms with Gasteiger partial charge in [0.2, 0.25) is 0 Å². The first kappa shape index (κ1) is 16.5. The molecule has 1 aromatic carbocycles. The van der Waals surface area contributed by atoms with E-state index in [-0.39, 0.29) is 5.75 Å². The number of aromatic nitrogens is 5. The number of piperidine rings is 1. The molecule has 1 aliphatic heterocycles. The van der Waals surface area contributed by atoms with Gasteiger partial charge < -0.3 is 19.9 Å². The molecule has 0 saturated carbocycles. The molecule has 0 atom stereocenters. The van der Waals surface area contributed by atoms with E-state index in [1.165, 1.54) is 0 Å². The van der Waals surface area contributed by atoms with Crippen LogP contribution in [0.25, 0.3) is 17.1 Å². The van der Waals surface area contributed by atoms with E-state index in [9.17, 15) is 5.11 Å². The van der Waals surface area contributed by atoms with Gasteiger partial charge in [0.25, 0.3) is 0 Å². The average Bonchev–Trinajstić information content (AvgIpc) is 3.23. The van der Waals surface area contributed by atoms with Crippen LogP contribution in [-0.2, 0) is 0 Å². The van der Waals surface area contributed by atoms with Gasteiger partial charge in [-0.25, -0.2) is 9.97 Å². The Labute approximate surface area is 151 Å². The normalized spacial score (nSPS) is 15.1. The Morgan fingerprint density at radius 3 is 2.73 bits per heavy atom. The SMILES string of the molecule is CN(c1cnc(-c2ccc(-n3ccnc3)cc2O)nn1)C1CCNCC1. The van der Waals surface area contributed by atoms with E-state index < -0.39 is 0 Å². The van der Waals surface area contributed by atoms with E-state index in [0.717, 1.165) is 37.4 Å². The van der Waals surface area contributed by atoms with Crippen molar-refractivity contribution in [3.05, 3.63) is 43.1 Å². The van der Waals surface area contributed by atoms with Gasteiger partial charge in [0.15, 0.2) is 11.6 Å². The molecule has 3 heterocycles. The number of phenols is 1. The highest BCUT2D eigenvalue weighted by Crippen LogP contribution is 2.29. The molecule has 0 amide bonds. The summed E-state index contributed by atoms with van der Waals surface area (Å²) in [6.07, 6.45) is 9.06. The third-order valence-electron chi connectivity index (χ3n) is 4.79. The first-order valence-corrected chi connectivity index (χ1v) is 8.67. The Morgan fingerprint density at radius 2 is 2.08 bits per heavy atom. The zero-order chi connectivity index (χ0) is 17.9. The third-order valence-corrected chi connectivity index (χ3v) is 4.79. The number of anilines is 1. The Balaban J connectivity index is 1.55. The number of hydrogen-bond acceptors (Lipinski definition) is 7. The summed E-state index contributed by atoms with van der Waals surface area (Å²) >= 11 is 0. The zero-order valence-corrected chi connectivity index (χ0v) is 14.6. The van der Waals surface area contributed by atoms with Crippen molar-refractivity contribution < 1.29 is 5.11 Å². The summed E-state index contributed by atoms with van der Waals surface area (Å²) in [5.74, 6) is 1.26. The maximum atomic E-state index is 10.4. The van der Waals surface area contributed by atoms with Gasteiger partial charge in [-0.1, -0.05) is 0 Å². The van der Waals surface area contributed by atoms with Crippen LogP contribution in [0.2, 0.25) is 0 Å². The van der Waals surface area contributed by atoms with Crippen molar-refractivity contribution in [3.63, 3.8) is 0 Å². The highest BCUT2D eigenvalue weighted by atomic mass is 16.3. The maximum Gasteiger partial charge on any atom is 0.185 e. The van der Waals surface area contributed by atoms with Crippen molar-refractivity contribution in [1.29, 1.82) is 0 Å². The summed E-state index contributed by atoms with van der Waals surface area (Å²) in [4.78, 5) is 10.6. The topological polar surface area (TPSA) is 92.0 Å². The first-order valence-electron chi connectivity index (χ1n) is 8.67. The van der Waals surface area contributed by atoms with Crippen LogP contribution >= 0.6 is 0 Å². The highest BCUT2D eigenvalue weighted by molar-refractivity contribution is 5.66. The van der Waals surface area contributed by atoms with Crippen LogP contribution in [0.3, 0.4) is 0 Å². The molecule has 0 spiro atoms. The van der Waals surface area contributed by atoms with E-state index in [1.807, 2.05) is 23.9 Å². The number of rotatable bonds is 4. The molecule has 3 aromatic rings. The second-order valence-corrected chi connectivity index (χ2v) is 6.40. The van der Waals surface area contributed by atoms with Gasteiger partial charge in [0.05, 0.1) is 23.8 Å². The Morgan fingerprint density at radius 1 is 1.23 bits per heavy atom. The van der Waals surface area contributed by atoms with Crippen LogP contribution in [0.4, 0.5) is 5.82 Å². The fourth-order valence-electron chi connectivity index (χ4n) is 3.22. The number of benzene rings is 1. The lowest BCUT2D eigenvalue weighted by Crippen LogP contribution is -2.41. The fourth-order valence-corrected chi connectivity index (χ4v) is 3.22. The molecule has 0 radical (unpaired) electrons. The van der Waals surface area contributed by atoms with Crippen LogP contribution in [0, 0.1) is 0 Å². The van der Waals surface area contributed by atoms with Gasteiger partial charge in [0.1, 0.15) is 5.75 Å². The van der Waals surface area contributed by atoms with Gasteiger partial charge in [0, 0.05) is 31.5 Å². The smallest absolute Gasteiger partial charge is 0.185 e. The summed E-state index contributed by atoms with van der Waals surface area (Å²) in [6, 6.07) is 5.78. The summed E-state index contributed by atoms with van der Waals surface area (Å²) in [5.41, 5.74) is 1.37. The number of hydrogen-bond donors (Lipinski definition) is 2. The minimum atomic E-state index is 0.109. The predicted molar refractivity (Wildman–Crippen MR) is 98.3 cm³/mol. The zero-order valence-electron chi connectivity index (χ0n) is 14.6. The lowest BCUT2D eigenvalue weighted by molar-refractivity contribution is 0.440. The van der Waals surface area contributed by atoms with Crippen molar-refractivity contribution in [1.82, 2.24) is 30.0 Å². The summed E-state index contributed by atoms with van der Waals surface area (Å²) in [7, 11) is 2.03. The number of nitrogens with zero attached hydrogens (tertiary/aromatic N) is 6. The molecule has 4 rings (SSSR count). The number of nitrogens with one attached hydrogen (secondary N) is 1. The van der Waals surface area contributed by atoms with Gasteiger partial charge in [-0.05, 0) is 38.1 Å². The van der Waals surface area contributed by atoms with Crippen molar-refractivity contribution in [3.8, 4) is 22.8 Å². The largest absolute Gasteiger partial charge is 0.507 e. The molecule has 1 saturated heterocycles. The Hall–Kier alpha value is -3.00. The van der Waals surface area contributed by atoms with Crippen molar-refractivity contribution in [2.24, 2.45) is 0 Å². The summed E-state index contributed by atoms with van der Waals surface area (Å²) in [6.45, 7) is 2.04. The molecule has 134 valence electrons. The fraction of sp³-hybridized carbons (Fsp3) is 0.333. The van der Waals surface area contributed by atoms with Crippen molar-refractivity contribution in [2.45, 2.75) is 18.9 Å². The molecule has 8 heteroatoms. The standard InChI is InChI=1S/C18H21N7O/c1-24(13-4-6-19-7-5-13)17-11-21-18(23-22-17)15-3-2-14(10-16(15)26)25-9-8-20-12-25/h2-3,8-13,19,26H,4-7H2,1H3. The molecule has 1 aliphatic rings. The lowest BCUT2D eigenvalue weighted by Gasteiger charge is -2.31. The van der Waals surface area contributed by atoms with E-state index in [4.69, 9.17) is 0 Å². The molecular formula is C18H21N7O. The number of phenolic OH excluding ortho intramolecular Hbond substituents is 1. The highest BCUT2D eigenvalue weighted by Gasteiger charge is 2.20. The molecule has 0 aliphatic carbocycles. The lowest BCUT2D eigenvalue weighted by atomic mass is 10.1. The summed E-state index contributed by atoms with van der Waals surface area (Å²) in [5, 5.41) is 22.3. The van der Waals surface area contributed by atoms with Gasteiger partial charge in [-0.3, -0.25) is 0 Å². The van der Waals surface area contributed by atoms with Crippen molar-refractivity contribution >= 4 is 5.82 Å². The molecule has 2 N–H and O–H groups in total. The monoisotopic (exact) mass is 351 g/mol. The van der Waals surface area contributed by atoms with Gasteiger partial charge >= 0.3 is 0 Å². The quantitative estimate of drug-likeness (QED) is 0.738. The maximum absolute atomic E-state index is 10.4. The van der Waals surface area contributed by atoms with Crippen LogP contribution in [-0.4, -0.2) is 56.0 Å². The van der Waals surface area contributed by atoms with Crippen LogP contribution in [0.1, 0.15) is 12.8 Å². The van der Waals surface area contributed by atoms with E-state index in [1.54, 1.807) is 30.9 Å². The van der Waals surface area contributed by atoms with Gasteiger partial charge in [-0.15, -0.1) is 10.2 Å². The molecular weight excluding hydrogens is 330 g/mol. The first-order chi connectivity index (χ1) is 12.7. The van der Waals surface area contributed by atoms with Crippen LogP contribution in [0.15, 0.2) is 43.1 Å². The van der Waals surface area contributed by atoms with Crippen LogP contribution < -0.4 is 10.2 Å². The molecule has 8 nitrogen and oxygen atoms in total. The molecule has 0 bridgehead atoms. The third kappa shape index (κ3) is 3.23. The van der Waals surface area contributed by atoms with Gasteiger partial charge in [-0.2, -0.15) is 0 Å². The van der Waals surface area contributed by atoms with Crippen LogP contribution in [0.5, 0.6) is 5.75 Å². The molecule has 26 heavy (non-hydrogen) atoms.